The zero-order chi connectivity index (χ0) is 20.5. The van der Waals surface area contributed by atoms with Crippen molar-refractivity contribution in [3.8, 4) is 0 Å². The van der Waals surface area contributed by atoms with Gasteiger partial charge in [0, 0.05) is 11.1 Å². The molecule has 0 aromatic heterocycles. The Bertz CT molecular complexity index is 529. The lowest BCUT2D eigenvalue weighted by Gasteiger charge is -2.05. The minimum Gasteiger partial charge on any atom is -0.466 e. The molecule has 0 amide bonds. The maximum atomic E-state index is 11.9. The van der Waals surface area contributed by atoms with Gasteiger partial charge >= 0.3 is 11.9 Å². The molecule has 4 heteroatoms. The van der Waals surface area contributed by atoms with Gasteiger partial charge < -0.3 is 9.47 Å². The monoisotopic (exact) mass is 388 g/mol. The zero-order valence-corrected chi connectivity index (χ0v) is 17.6. The van der Waals surface area contributed by atoms with Crippen LogP contribution in [0.25, 0.3) is 0 Å². The van der Waals surface area contributed by atoms with Crippen molar-refractivity contribution in [1.82, 2.24) is 0 Å². The van der Waals surface area contributed by atoms with Crippen LogP contribution in [-0.4, -0.2) is 26.2 Å². The van der Waals surface area contributed by atoms with Gasteiger partial charge in [0.25, 0.3) is 0 Å². The summed E-state index contributed by atoms with van der Waals surface area (Å²) >= 11 is 0. The molecule has 0 saturated heterocycles. The van der Waals surface area contributed by atoms with Crippen LogP contribution in [0.2, 0.25) is 0 Å². The highest BCUT2D eigenvalue weighted by molar-refractivity contribution is 5.88. The molecule has 0 atom stereocenters. The molecule has 0 bridgehead atoms. The highest BCUT2D eigenvalue weighted by Gasteiger charge is 2.09. The van der Waals surface area contributed by atoms with E-state index >= 15 is 0 Å². The fourth-order valence-corrected chi connectivity index (χ4v) is 3.15. The van der Waals surface area contributed by atoms with Gasteiger partial charge in [-0.3, -0.25) is 0 Å². The highest BCUT2D eigenvalue weighted by atomic mass is 16.5. The van der Waals surface area contributed by atoms with E-state index in [0.717, 1.165) is 88.2 Å². The molecule has 0 heterocycles. The lowest BCUT2D eigenvalue weighted by molar-refractivity contribution is -0.137. The number of allylic oxidation sites excluding steroid dienone is 6. The molecular weight excluding hydrogens is 352 g/mol. The number of carbonyl (C=O) groups excluding carboxylic acids is 2. The Labute approximate surface area is 170 Å². The molecule has 0 unspecified atom stereocenters. The molecule has 0 aliphatic heterocycles. The molecule has 0 spiro atoms. The summed E-state index contributed by atoms with van der Waals surface area (Å²) in [5.41, 5.74) is 1.58. The van der Waals surface area contributed by atoms with Crippen molar-refractivity contribution >= 4 is 11.9 Å². The Hall–Kier alpha value is -2.10. The van der Waals surface area contributed by atoms with Crippen LogP contribution in [0.5, 0.6) is 0 Å². The van der Waals surface area contributed by atoms with Crippen molar-refractivity contribution in [1.29, 1.82) is 0 Å². The zero-order valence-electron chi connectivity index (χ0n) is 17.6. The highest BCUT2D eigenvalue weighted by Crippen LogP contribution is 2.15. The second-order valence-corrected chi connectivity index (χ2v) is 7.03. The van der Waals surface area contributed by atoms with Crippen LogP contribution in [0.1, 0.15) is 77.0 Å². The van der Waals surface area contributed by atoms with Crippen molar-refractivity contribution in [2.75, 3.05) is 14.2 Å². The maximum absolute atomic E-state index is 11.9. The van der Waals surface area contributed by atoms with Gasteiger partial charge in [0.15, 0.2) is 0 Å². The fourth-order valence-electron chi connectivity index (χ4n) is 3.15. The number of carbonyl (C=O) groups is 2. The smallest absolute Gasteiger partial charge is 0.333 e. The first-order valence-corrected chi connectivity index (χ1v) is 10.5. The van der Waals surface area contributed by atoms with Gasteiger partial charge in [0.05, 0.1) is 14.2 Å². The number of hydrogen-bond donors (Lipinski definition) is 0. The van der Waals surface area contributed by atoms with Crippen molar-refractivity contribution < 1.29 is 19.1 Å². The van der Waals surface area contributed by atoms with E-state index in [1.54, 1.807) is 0 Å². The van der Waals surface area contributed by atoms with E-state index in [4.69, 9.17) is 9.47 Å². The quantitative estimate of drug-likeness (QED) is 0.430. The number of hydrogen-bond acceptors (Lipinski definition) is 4. The first-order chi connectivity index (χ1) is 13.7. The summed E-state index contributed by atoms with van der Waals surface area (Å²) in [5, 5.41) is 0. The number of esters is 2. The molecular formula is C24H36O4. The minimum atomic E-state index is -0.205. The predicted molar refractivity (Wildman–Crippen MR) is 114 cm³/mol. The summed E-state index contributed by atoms with van der Waals surface area (Å²) in [6.45, 7) is 0. The van der Waals surface area contributed by atoms with E-state index in [1.165, 1.54) is 14.2 Å². The van der Waals surface area contributed by atoms with Gasteiger partial charge in [0.1, 0.15) is 0 Å². The van der Waals surface area contributed by atoms with Gasteiger partial charge in [-0.25, -0.2) is 9.59 Å². The Kier molecular flexibility index (Phi) is 13.6. The van der Waals surface area contributed by atoms with Crippen molar-refractivity contribution in [2.45, 2.75) is 77.0 Å². The first-order valence-electron chi connectivity index (χ1n) is 10.5. The van der Waals surface area contributed by atoms with Crippen molar-refractivity contribution in [3.05, 3.63) is 47.6 Å². The molecule has 1 aliphatic rings. The van der Waals surface area contributed by atoms with E-state index in [9.17, 15) is 9.59 Å². The van der Waals surface area contributed by atoms with Crippen LogP contribution < -0.4 is 0 Å². The Morgan fingerprint density at radius 1 is 0.607 bits per heavy atom. The van der Waals surface area contributed by atoms with Gasteiger partial charge in [-0.05, 0) is 77.0 Å². The normalized spacial score (nSPS) is 18.5. The van der Waals surface area contributed by atoms with Crippen LogP contribution in [0, 0.1) is 0 Å². The Morgan fingerprint density at radius 3 is 1.36 bits per heavy atom. The molecule has 156 valence electrons. The SMILES string of the molecule is COC(=O)C1=CCCCCC=CCCC(C(=O)OC)=CCCCCC=CCC1. The molecule has 0 aromatic carbocycles. The molecule has 4 nitrogen and oxygen atoms in total. The van der Waals surface area contributed by atoms with E-state index in [2.05, 4.69) is 24.3 Å². The van der Waals surface area contributed by atoms with E-state index in [0.29, 0.717) is 0 Å². The number of ether oxygens (including phenoxy) is 2. The fraction of sp³-hybridized carbons (Fsp3) is 0.583. The van der Waals surface area contributed by atoms with E-state index in [-0.39, 0.29) is 11.9 Å². The lowest BCUT2D eigenvalue weighted by atomic mass is 10.0. The number of methoxy groups -OCH3 is 2. The largest absolute Gasteiger partial charge is 0.466 e. The summed E-state index contributed by atoms with van der Waals surface area (Å²) in [5.74, 6) is -0.410. The van der Waals surface area contributed by atoms with Crippen LogP contribution in [-0.2, 0) is 19.1 Å². The van der Waals surface area contributed by atoms with Crippen LogP contribution >= 0.6 is 0 Å². The molecule has 0 radical (unpaired) electrons. The average Bonchev–Trinajstić information content (AvgIpc) is 2.71. The Morgan fingerprint density at radius 2 is 0.964 bits per heavy atom. The third-order valence-electron chi connectivity index (χ3n) is 4.82. The van der Waals surface area contributed by atoms with Crippen LogP contribution in [0.4, 0.5) is 0 Å². The molecule has 1 rings (SSSR count). The molecule has 28 heavy (non-hydrogen) atoms. The summed E-state index contributed by atoms with van der Waals surface area (Å²) < 4.78 is 9.81. The average molecular weight is 389 g/mol. The summed E-state index contributed by atoms with van der Waals surface area (Å²) in [7, 11) is 2.89. The van der Waals surface area contributed by atoms with E-state index < -0.39 is 0 Å². The molecule has 0 N–H and O–H groups in total. The second-order valence-electron chi connectivity index (χ2n) is 7.03. The van der Waals surface area contributed by atoms with E-state index in [1.807, 2.05) is 12.2 Å². The second kappa shape index (κ2) is 15.9. The Balaban J connectivity index is 2.64. The standard InChI is InChI=1S/C24H36O4/c1-27-23(25)21-17-13-9-5-3-7-11-15-19-22(24(26)28-2)20-16-12-8-4-6-10-14-18-21/h5,8-9,12,18-19H,3-4,6-7,10-11,13-17,20H2,1-2H3. The molecule has 1 aliphatic carbocycles. The molecule has 0 aromatic rings. The van der Waals surface area contributed by atoms with Gasteiger partial charge in [-0.15, -0.1) is 0 Å². The van der Waals surface area contributed by atoms with Gasteiger partial charge in [-0.2, -0.15) is 0 Å². The van der Waals surface area contributed by atoms with Crippen molar-refractivity contribution in [3.63, 3.8) is 0 Å². The number of rotatable bonds is 2. The lowest BCUT2D eigenvalue weighted by Crippen LogP contribution is -2.04. The van der Waals surface area contributed by atoms with Gasteiger partial charge in [-0.1, -0.05) is 36.5 Å². The topological polar surface area (TPSA) is 52.6 Å². The third-order valence-corrected chi connectivity index (χ3v) is 4.82. The molecule has 0 fully saturated rings. The first kappa shape index (κ1) is 23.9. The summed E-state index contributed by atoms with van der Waals surface area (Å²) in [6.07, 6.45) is 24.0. The van der Waals surface area contributed by atoms with Crippen LogP contribution in [0.15, 0.2) is 47.6 Å². The maximum Gasteiger partial charge on any atom is 0.333 e. The summed E-state index contributed by atoms with van der Waals surface area (Å²) in [4.78, 5) is 23.8. The predicted octanol–water partition coefficient (Wildman–Crippen LogP) is 5.99. The van der Waals surface area contributed by atoms with Crippen molar-refractivity contribution in [2.24, 2.45) is 0 Å². The minimum absolute atomic E-state index is 0.205. The summed E-state index contributed by atoms with van der Waals surface area (Å²) in [6, 6.07) is 0. The third kappa shape index (κ3) is 10.9. The van der Waals surface area contributed by atoms with Gasteiger partial charge in [0.2, 0.25) is 0 Å². The van der Waals surface area contributed by atoms with Crippen LogP contribution in [0.3, 0.4) is 0 Å². The molecule has 0 saturated carbocycles.